The van der Waals surface area contributed by atoms with E-state index in [4.69, 9.17) is 5.11 Å². The van der Waals surface area contributed by atoms with E-state index in [2.05, 4.69) is 15.6 Å². The summed E-state index contributed by atoms with van der Waals surface area (Å²) in [6.07, 6.45) is 2.17. The number of anilines is 1. The van der Waals surface area contributed by atoms with E-state index in [1.165, 1.54) is 17.4 Å². The van der Waals surface area contributed by atoms with Gasteiger partial charge < -0.3 is 10.4 Å². The highest BCUT2D eigenvalue weighted by Gasteiger charge is 2.05. The number of nitrogens with zero attached hydrogens (tertiary/aromatic N) is 1. The molecule has 0 radical (unpaired) electrons. The molecule has 1 aromatic carbocycles. The molecule has 0 saturated heterocycles. The topological polar surface area (TPSA) is 91.3 Å². The SMILES string of the molecule is O=C(NCCc1cccc(C(=O)O)c1)Nc1nccs1. The first-order valence-corrected chi connectivity index (χ1v) is 6.79. The minimum Gasteiger partial charge on any atom is -0.478 e. The molecule has 3 N–H and O–H groups in total. The van der Waals surface area contributed by atoms with E-state index < -0.39 is 5.97 Å². The third-order valence-electron chi connectivity index (χ3n) is 2.53. The molecule has 1 aromatic heterocycles. The standard InChI is InChI=1S/C13H13N3O3S/c17-11(18)10-3-1-2-9(8-10)4-5-14-12(19)16-13-15-6-7-20-13/h1-3,6-8H,4-5H2,(H,17,18)(H2,14,15,16,19). The molecule has 0 aliphatic rings. The third kappa shape index (κ3) is 4.06. The zero-order valence-corrected chi connectivity index (χ0v) is 11.3. The molecular weight excluding hydrogens is 278 g/mol. The van der Waals surface area contributed by atoms with E-state index in [9.17, 15) is 9.59 Å². The zero-order chi connectivity index (χ0) is 14.4. The summed E-state index contributed by atoms with van der Waals surface area (Å²) in [4.78, 5) is 26.3. The fraction of sp³-hybridized carbons (Fsp3) is 0.154. The first-order valence-electron chi connectivity index (χ1n) is 5.92. The number of thiazole rings is 1. The van der Waals surface area contributed by atoms with Gasteiger partial charge >= 0.3 is 12.0 Å². The lowest BCUT2D eigenvalue weighted by Crippen LogP contribution is -2.30. The van der Waals surface area contributed by atoms with Gasteiger partial charge in [-0.05, 0) is 24.1 Å². The highest BCUT2D eigenvalue weighted by Crippen LogP contribution is 2.09. The molecule has 2 amide bonds. The molecule has 0 bridgehead atoms. The van der Waals surface area contributed by atoms with Gasteiger partial charge in [0.05, 0.1) is 5.56 Å². The van der Waals surface area contributed by atoms with Crippen molar-refractivity contribution in [1.82, 2.24) is 10.3 Å². The first kappa shape index (κ1) is 14.0. The van der Waals surface area contributed by atoms with Crippen LogP contribution in [0.15, 0.2) is 35.8 Å². The van der Waals surface area contributed by atoms with Crippen molar-refractivity contribution in [2.24, 2.45) is 0 Å². The highest BCUT2D eigenvalue weighted by atomic mass is 32.1. The Morgan fingerprint density at radius 3 is 2.90 bits per heavy atom. The quantitative estimate of drug-likeness (QED) is 0.787. The Labute approximate surface area is 119 Å². The number of amides is 2. The van der Waals surface area contributed by atoms with E-state index in [0.717, 1.165) is 5.56 Å². The average Bonchev–Trinajstić information content (AvgIpc) is 2.92. The Hall–Kier alpha value is -2.41. The summed E-state index contributed by atoms with van der Waals surface area (Å²) in [5, 5.41) is 16.5. The van der Waals surface area contributed by atoms with E-state index in [0.29, 0.717) is 18.1 Å². The van der Waals surface area contributed by atoms with Crippen molar-refractivity contribution < 1.29 is 14.7 Å². The summed E-state index contributed by atoms with van der Waals surface area (Å²) < 4.78 is 0. The molecule has 20 heavy (non-hydrogen) atoms. The average molecular weight is 291 g/mol. The molecule has 2 rings (SSSR count). The monoisotopic (exact) mass is 291 g/mol. The van der Waals surface area contributed by atoms with Crippen LogP contribution in [0.4, 0.5) is 9.93 Å². The maximum absolute atomic E-state index is 11.5. The van der Waals surface area contributed by atoms with Crippen LogP contribution in [0.3, 0.4) is 0 Å². The fourth-order valence-electron chi connectivity index (χ4n) is 1.61. The second-order valence-corrected chi connectivity index (χ2v) is 4.87. The van der Waals surface area contributed by atoms with Gasteiger partial charge in [0.15, 0.2) is 5.13 Å². The van der Waals surface area contributed by atoms with Gasteiger partial charge in [0.2, 0.25) is 0 Å². The van der Waals surface area contributed by atoms with Gasteiger partial charge in [-0.3, -0.25) is 5.32 Å². The molecule has 2 aromatic rings. The number of hydrogen-bond donors (Lipinski definition) is 3. The van der Waals surface area contributed by atoms with E-state index >= 15 is 0 Å². The lowest BCUT2D eigenvalue weighted by atomic mass is 10.1. The second-order valence-electron chi connectivity index (χ2n) is 3.97. The molecule has 0 fully saturated rings. The molecule has 0 unspecified atom stereocenters. The minimum atomic E-state index is -0.957. The molecular formula is C13H13N3O3S. The van der Waals surface area contributed by atoms with Crippen LogP contribution >= 0.6 is 11.3 Å². The summed E-state index contributed by atoms with van der Waals surface area (Å²) in [5.74, 6) is -0.957. The molecule has 0 spiro atoms. The summed E-state index contributed by atoms with van der Waals surface area (Å²) in [5.41, 5.74) is 1.11. The number of urea groups is 1. The number of carboxylic acids is 1. The van der Waals surface area contributed by atoms with E-state index in [1.807, 2.05) is 6.07 Å². The Bertz CT molecular complexity index is 599. The number of carboxylic acid groups (broad SMARTS) is 1. The van der Waals surface area contributed by atoms with E-state index in [1.54, 1.807) is 23.7 Å². The number of hydrogen-bond acceptors (Lipinski definition) is 4. The van der Waals surface area contributed by atoms with E-state index in [-0.39, 0.29) is 11.6 Å². The Balaban J connectivity index is 1.79. The summed E-state index contributed by atoms with van der Waals surface area (Å²) in [6, 6.07) is 6.33. The fourth-order valence-corrected chi connectivity index (χ4v) is 2.13. The first-order chi connectivity index (χ1) is 9.65. The molecule has 7 heteroatoms. The predicted octanol–water partition coefficient (Wildman–Crippen LogP) is 2.21. The summed E-state index contributed by atoms with van der Waals surface area (Å²) in [7, 11) is 0. The number of aromatic nitrogens is 1. The van der Waals surface area contributed by atoms with Gasteiger partial charge in [-0.15, -0.1) is 11.3 Å². The smallest absolute Gasteiger partial charge is 0.335 e. The van der Waals surface area contributed by atoms with Crippen molar-refractivity contribution in [3.8, 4) is 0 Å². The van der Waals surface area contributed by atoms with Crippen LogP contribution in [0.1, 0.15) is 15.9 Å². The normalized spacial score (nSPS) is 10.0. The third-order valence-corrected chi connectivity index (χ3v) is 3.21. The molecule has 0 aliphatic carbocycles. The van der Waals surface area contributed by atoms with Gasteiger partial charge in [0, 0.05) is 18.1 Å². The van der Waals surface area contributed by atoms with Crippen LogP contribution in [0.25, 0.3) is 0 Å². The molecule has 1 heterocycles. The number of nitrogens with one attached hydrogen (secondary N) is 2. The molecule has 0 saturated carbocycles. The van der Waals surface area contributed by atoms with Gasteiger partial charge in [0.25, 0.3) is 0 Å². The Morgan fingerprint density at radius 1 is 1.35 bits per heavy atom. The predicted molar refractivity (Wildman–Crippen MR) is 76.2 cm³/mol. The second kappa shape index (κ2) is 6.67. The van der Waals surface area contributed by atoms with Gasteiger partial charge in [-0.2, -0.15) is 0 Å². The van der Waals surface area contributed by atoms with Crippen molar-refractivity contribution in [3.63, 3.8) is 0 Å². The molecule has 0 atom stereocenters. The number of carbonyl (C=O) groups excluding carboxylic acids is 1. The summed E-state index contributed by atoms with van der Waals surface area (Å²) >= 11 is 1.34. The molecule has 6 nitrogen and oxygen atoms in total. The van der Waals surface area contributed by atoms with Crippen LogP contribution in [0.2, 0.25) is 0 Å². The minimum absolute atomic E-state index is 0.245. The van der Waals surface area contributed by atoms with Gasteiger partial charge in [-0.25, -0.2) is 14.6 Å². The Kier molecular flexibility index (Phi) is 4.67. The maximum Gasteiger partial charge on any atom is 0.335 e. The molecule has 0 aliphatic heterocycles. The summed E-state index contributed by atoms with van der Waals surface area (Å²) in [6.45, 7) is 0.417. The lowest BCUT2D eigenvalue weighted by molar-refractivity contribution is 0.0696. The number of aromatic carboxylic acids is 1. The van der Waals surface area contributed by atoms with Crippen molar-refractivity contribution in [2.75, 3.05) is 11.9 Å². The van der Waals surface area contributed by atoms with Crippen molar-refractivity contribution in [2.45, 2.75) is 6.42 Å². The van der Waals surface area contributed by atoms with Crippen LogP contribution in [0.5, 0.6) is 0 Å². The van der Waals surface area contributed by atoms with Crippen molar-refractivity contribution in [1.29, 1.82) is 0 Å². The number of carbonyl (C=O) groups is 2. The maximum atomic E-state index is 11.5. The van der Waals surface area contributed by atoms with Crippen LogP contribution in [0, 0.1) is 0 Å². The molecule has 104 valence electrons. The number of rotatable bonds is 5. The van der Waals surface area contributed by atoms with Crippen LogP contribution in [-0.4, -0.2) is 28.6 Å². The van der Waals surface area contributed by atoms with Crippen LogP contribution in [-0.2, 0) is 6.42 Å². The highest BCUT2D eigenvalue weighted by molar-refractivity contribution is 7.13. The zero-order valence-electron chi connectivity index (χ0n) is 10.5. The largest absolute Gasteiger partial charge is 0.478 e. The van der Waals surface area contributed by atoms with Gasteiger partial charge in [-0.1, -0.05) is 12.1 Å². The van der Waals surface area contributed by atoms with Crippen molar-refractivity contribution in [3.05, 3.63) is 47.0 Å². The lowest BCUT2D eigenvalue weighted by Gasteiger charge is -2.06. The van der Waals surface area contributed by atoms with Gasteiger partial charge in [0.1, 0.15) is 0 Å². The number of benzene rings is 1. The van der Waals surface area contributed by atoms with Crippen LogP contribution < -0.4 is 10.6 Å². The Morgan fingerprint density at radius 2 is 2.20 bits per heavy atom. The van der Waals surface area contributed by atoms with Crippen molar-refractivity contribution >= 4 is 28.5 Å².